The molecule has 4 rings (SSSR count). The number of fused-ring (bicyclic) bond motifs is 1. The van der Waals surface area contributed by atoms with Gasteiger partial charge in [-0.25, -0.2) is 0 Å². The van der Waals surface area contributed by atoms with Crippen LogP contribution in [0.1, 0.15) is 27.2 Å². The van der Waals surface area contributed by atoms with Gasteiger partial charge in [-0.05, 0) is 60.8 Å². The lowest BCUT2D eigenvalue weighted by molar-refractivity contribution is 0.0717. The third-order valence-corrected chi connectivity index (χ3v) is 5.15. The number of phenolic OH excluding ortho intramolecular Hbond substituents is 1. The molecule has 0 unspecified atom stereocenters. The van der Waals surface area contributed by atoms with Gasteiger partial charge in [-0.2, -0.15) is 0 Å². The summed E-state index contributed by atoms with van der Waals surface area (Å²) in [4.78, 5) is 30.2. The molecule has 0 bridgehead atoms. The zero-order valence-corrected chi connectivity index (χ0v) is 16.9. The van der Waals surface area contributed by atoms with Gasteiger partial charge in [-0.3, -0.25) is 9.59 Å². The van der Waals surface area contributed by atoms with Crippen molar-refractivity contribution < 1.29 is 14.3 Å². The predicted octanol–water partition coefficient (Wildman–Crippen LogP) is 4.63. The fourth-order valence-electron chi connectivity index (χ4n) is 3.31. The molecule has 2 heterocycles. The minimum absolute atomic E-state index is 0.0806. The first-order chi connectivity index (χ1) is 14.4. The number of amides is 1. The van der Waals surface area contributed by atoms with Crippen LogP contribution in [0.4, 0.5) is 0 Å². The molecular formula is C23H19ClN2O4. The summed E-state index contributed by atoms with van der Waals surface area (Å²) in [7, 11) is 0. The Bertz CT molecular complexity index is 1280. The van der Waals surface area contributed by atoms with E-state index in [9.17, 15) is 14.7 Å². The number of furan rings is 1. The molecule has 6 nitrogen and oxygen atoms in total. The molecule has 0 aliphatic carbocycles. The van der Waals surface area contributed by atoms with E-state index < -0.39 is 0 Å². The van der Waals surface area contributed by atoms with Crippen molar-refractivity contribution in [1.29, 1.82) is 0 Å². The van der Waals surface area contributed by atoms with Gasteiger partial charge < -0.3 is 19.4 Å². The maximum absolute atomic E-state index is 13.2. The Morgan fingerprint density at radius 3 is 2.70 bits per heavy atom. The highest BCUT2D eigenvalue weighted by atomic mass is 35.5. The second kappa shape index (κ2) is 8.08. The van der Waals surface area contributed by atoms with E-state index in [1.54, 1.807) is 18.2 Å². The van der Waals surface area contributed by atoms with Gasteiger partial charge >= 0.3 is 0 Å². The summed E-state index contributed by atoms with van der Waals surface area (Å²) in [6.07, 6.45) is 1.53. The molecule has 30 heavy (non-hydrogen) atoms. The molecule has 7 heteroatoms. The quantitative estimate of drug-likeness (QED) is 0.491. The molecular weight excluding hydrogens is 404 g/mol. The standard InChI is InChI=1S/C23H19ClN2O4/c1-14-4-6-20-16(9-14)10-17(22(28)25-20)12-26(13-18-3-2-8-30-18)23(29)15-5-7-21(27)19(24)11-15/h2-11,27H,12-13H2,1H3,(H,25,28). The predicted molar refractivity (Wildman–Crippen MR) is 115 cm³/mol. The number of hydrogen-bond donors (Lipinski definition) is 2. The Morgan fingerprint density at radius 2 is 1.97 bits per heavy atom. The zero-order chi connectivity index (χ0) is 21.3. The molecule has 0 aliphatic heterocycles. The first kappa shape index (κ1) is 19.8. The van der Waals surface area contributed by atoms with Crippen molar-refractivity contribution in [3.8, 4) is 5.75 Å². The maximum atomic E-state index is 13.2. The zero-order valence-electron chi connectivity index (χ0n) is 16.2. The summed E-state index contributed by atoms with van der Waals surface area (Å²) >= 11 is 5.98. The minimum Gasteiger partial charge on any atom is -0.506 e. The van der Waals surface area contributed by atoms with E-state index in [2.05, 4.69) is 4.98 Å². The normalized spacial score (nSPS) is 11.0. The van der Waals surface area contributed by atoms with Crippen LogP contribution in [0.3, 0.4) is 0 Å². The average Bonchev–Trinajstić information content (AvgIpc) is 3.23. The molecule has 0 saturated heterocycles. The number of nitrogens with one attached hydrogen (secondary N) is 1. The number of benzene rings is 2. The fraction of sp³-hybridized carbons (Fsp3) is 0.130. The lowest BCUT2D eigenvalue weighted by Crippen LogP contribution is -2.32. The van der Waals surface area contributed by atoms with Crippen LogP contribution in [0.5, 0.6) is 5.75 Å². The van der Waals surface area contributed by atoms with E-state index in [1.807, 2.05) is 25.1 Å². The number of phenols is 1. The summed E-state index contributed by atoms with van der Waals surface area (Å²) in [6.45, 7) is 2.23. The Balaban J connectivity index is 1.72. The van der Waals surface area contributed by atoms with Gasteiger partial charge in [0.2, 0.25) is 0 Å². The highest BCUT2D eigenvalue weighted by Gasteiger charge is 2.20. The number of aromatic nitrogens is 1. The summed E-state index contributed by atoms with van der Waals surface area (Å²) in [5.74, 6) is 0.144. The van der Waals surface area contributed by atoms with Crippen LogP contribution in [0.15, 0.2) is 70.1 Å². The first-order valence-electron chi connectivity index (χ1n) is 9.33. The molecule has 0 radical (unpaired) electrons. The van der Waals surface area contributed by atoms with Crippen molar-refractivity contribution in [2.45, 2.75) is 20.0 Å². The van der Waals surface area contributed by atoms with Crippen LogP contribution in [0, 0.1) is 6.92 Å². The van der Waals surface area contributed by atoms with Crippen LogP contribution in [-0.2, 0) is 13.1 Å². The lowest BCUT2D eigenvalue weighted by Gasteiger charge is -2.22. The Morgan fingerprint density at radius 1 is 1.13 bits per heavy atom. The number of hydrogen-bond acceptors (Lipinski definition) is 4. The lowest BCUT2D eigenvalue weighted by atomic mass is 10.1. The van der Waals surface area contributed by atoms with E-state index in [4.69, 9.17) is 16.0 Å². The number of aryl methyl sites for hydroxylation is 1. The number of nitrogens with zero attached hydrogens (tertiary/aromatic N) is 1. The number of H-pyrrole nitrogens is 1. The maximum Gasteiger partial charge on any atom is 0.254 e. The van der Waals surface area contributed by atoms with Gasteiger partial charge in [-0.1, -0.05) is 23.2 Å². The molecule has 2 aromatic carbocycles. The van der Waals surface area contributed by atoms with E-state index in [0.29, 0.717) is 16.9 Å². The molecule has 0 atom stereocenters. The van der Waals surface area contributed by atoms with Crippen LogP contribution in [0.25, 0.3) is 10.9 Å². The van der Waals surface area contributed by atoms with E-state index in [0.717, 1.165) is 16.5 Å². The van der Waals surface area contributed by atoms with E-state index in [-0.39, 0.29) is 35.3 Å². The fourth-order valence-corrected chi connectivity index (χ4v) is 3.49. The minimum atomic E-state index is -0.336. The van der Waals surface area contributed by atoms with Crippen molar-refractivity contribution in [3.05, 3.63) is 98.7 Å². The third-order valence-electron chi connectivity index (χ3n) is 4.85. The molecule has 0 aliphatic rings. The van der Waals surface area contributed by atoms with Gasteiger partial charge in [-0.15, -0.1) is 0 Å². The van der Waals surface area contributed by atoms with Gasteiger partial charge in [0.25, 0.3) is 11.5 Å². The van der Waals surface area contributed by atoms with Gasteiger partial charge in [0.05, 0.1) is 24.4 Å². The summed E-state index contributed by atoms with van der Waals surface area (Å²) < 4.78 is 5.40. The number of rotatable bonds is 5. The SMILES string of the molecule is Cc1ccc2[nH]c(=O)c(CN(Cc3ccco3)C(=O)c3ccc(O)c(Cl)c3)cc2c1. The number of pyridine rings is 1. The first-order valence-corrected chi connectivity index (χ1v) is 9.71. The third kappa shape index (κ3) is 4.09. The van der Waals surface area contributed by atoms with Crippen LogP contribution in [0.2, 0.25) is 5.02 Å². The van der Waals surface area contributed by atoms with E-state index >= 15 is 0 Å². The van der Waals surface area contributed by atoms with Crippen molar-refractivity contribution in [2.24, 2.45) is 0 Å². The highest BCUT2D eigenvalue weighted by molar-refractivity contribution is 6.32. The second-order valence-corrected chi connectivity index (χ2v) is 7.53. The Kier molecular flexibility index (Phi) is 5.33. The summed E-state index contributed by atoms with van der Waals surface area (Å²) in [5.41, 5.74) is 2.31. The Hall–Kier alpha value is -3.51. The van der Waals surface area contributed by atoms with Crippen LogP contribution < -0.4 is 5.56 Å². The number of carbonyl (C=O) groups excluding carboxylic acids is 1. The molecule has 152 valence electrons. The average molecular weight is 423 g/mol. The molecule has 0 fully saturated rings. The number of aromatic hydroxyl groups is 1. The van der Waals surface area contributed by atoms with Crippen molar-refractivity contribution in [3.63, 3.8) is 0 Å². The van der Waals surface area contributed by atoms with Gasteiger partial charge in [0.1, 0.15) is 11.5 Å². The smallest absolute Gasteiger partial charge is 0.254 e. The molecule has 1 amide bonds. The van der Waals surface area contributed by atoms with Crippen LogP contribution >= 0.6 is 11.6 Å². The summed E-state index contributed by atoms with van der Waals surface area (Å²) in [5, 5.41) is 10.6. The monoisotopic (exact) mass is 422 g/mol. The topological polar surface area (TPSA) is 86.5 Å². The van der Waals surface area contributed by atoms with Crippen molar-refractivity contribution in [2.75, 3.05) is 0 Å². The molecule has 4 aromatic rings. The molecule has 0 spiro atoms. The van der Waals surface area contributed by atoms with Crippen molar-refractivity contribution in [1.82, 2.24) is 9.88 Å². The highest BCUT2D eigenvalue weighted by Crippen LogP contribution is 2.25. The van der Waals surface area contributed by atoms with Gasteiger partial charge in [0.15, 0.2) is 0 Å². The van der Waals surface area contributed by atoms with Crippen LogP contribution in [-0.4, -0.2) is 20.9 Å². The van der Waals surface area contributed by atoms with E-state index in [1.165, 1.54) is 29.4 Å². The van der Waals surface area contributed by atoms with Gasteiger partial charge in [0, 0.05) is 16.6 Å². The second-order valence-electron chi connectivity index (χ2n) is 7.12. The Labute approximate surface area is 177 Å². The number of aromatic amines is 1. The molecule has 2 N–H and O–H groups in total. The molecule has 0 saturated carbocycles. The largest absolute Gasteiger partial charge is 0.506 e. The van der Waals surface area contributed by atoms with Crippen molar-refractivity contribution >= 4 is 28.4 Å². The number of halogens is 1. The number of carbonyl (C=O) groups is 1. The summed E-state index contributed by atoms with van der Waals surface area (Å²) in [6, 6.07) is 15.3. The molecule has 2 aromatic heterocycles.